The van der Waals surface area contributed by atoms with Gasteiger partial charge >= 0.3 is 0 Å². The molecule has 2 rings (SSSR count). The third kappa shape index (κ3) is 6.17. The minimum absolute atomic E-state index is 0.207. The van der Waals surface area contributed by atoms with E-state index in [4.69, 9.17) is 4.52 Å². The number of aromatic nitrogens is 1. The monoisotopic (exact) mass is 360 g/mol. The van der Waals surface area contributed by atoms with Gasteiger partial charge in [-0.2, -0.15) is 0 Å². The van der Waals surface area contributed by atoms with Crippen LogP contribution in [0.5, 0.6) is 0 Å². The van der Waals surface area contributed by atoms with Crippen LogP contribution in [0, 0.1) is 5.82 Å². The molecule has 0 atom stereocenters. The summed E-state index contributed by atoms with van der Waals surface area (Å²) in [7, 11) is 0. The van der Waals surface area contributed by atoms with E-state index in [0.717, 1.165) is 42.8 Å². The molecule has 142 valence electrons. The molecular weight excluding hydrogens is 331 g/mol. The largest absolute Gasteiger partial charge is 0.359 e. The van der Waals surface area contributed by atoms with Gasteiger partial charge in [0.25, 0.3) is 0 Å². The van der Waals surface area contributed by atoms with Crippen LogP contribution in [0.15, 0.2) is 39.8 Å². The second-order valence-electron chi connectivity index (χ2n) is 6.23. The van der Waals surface area contributed by atoms with Crippen molar-refractivity contribution in [3.05, 3.63) is 53.2 Å². The summed E-state index contributed by atoms with van der Waals surface area (Å²) in [6.07, 6.45) is 2.83. The number of nitrogens with zero attached hydrogens (tertiary/aromatic N) is 2. The second kappa shape index (κ2) is 10.6. The maximum Gasteiger partial charge on any atom is 0.191 e. The quantitative estimate of drug-likeness (QED) is 0.524. The van der Waals surface area contributed by atoms with Crippen molar-refractivity contribution in [3.63, 3.8) is 0 Å². The number of hydrogen-bond acceptors (Lipinski definition) is 3. The molecule has 1 heterocycles. The molecule has 0 bridgehead atoms. The first-order valence-corrected chi connectivity index (χ1v) is 9.38. The van der Waals surface area contributed by atoms with Crippen LogP contribution in [-0.4, -0.2) is 24.2 Å². The number of nitrogens with one attached hydrogen (secondary N) is 2. The number of benzene rings is 1. The van der Waals surface area contributed by atoms with Gasteiger partial charge in [-0.25, -0.2) is 9.38 Å². The Kier molecular flexibility index (Phi) is 8.12. The summed E-state index contributed by atoms with van der Waals surface area (Å²) in [6, 6.07) is 8.65. The van der Waals surface area contributed by atoms with Crippen molar-refractivity contribution in [2.45, 2.75) is 52.5 Å². The van der Waals surface area contributed by atoms with Crippen LogP contribution >= 0.6 is 0 Å². The Bertz CT molecular complexity index is 695. The summed E-state index contributed by atoms with van der Waals surface area (Å²) in [5.74, 6) is 1.70. The smallest absolute Gasteiger partial charge is 0.191 e. The summed E-state index contributed by atoms with van der Waals surface area (Å²) in [4.78, 5) is 4.54. The van der Waals surface area contributed by atoms with Crippen LogP contribution in [0.25, 0.3) is 0 Å². The molecule has 1 aromatic heterocycles. The van der Waals surface area contributed by atoms with E-state index in [0.29, 0.717) is 25.0 Å². The fourth-order valence-corrected chi connectivity index (χ4v) is 2.82. The number of aliphatic imine (C=N–C) groups is 1. The van der Waals surface area contributed by atoms with Gasteiger partial charge in [-0.1, -0.05) is 31.1 Å². The summed E-state index contributed by atoms with van der Waals surface area (Å²) in [5, 5.41) is 10.6. The zero-order valence-electron chi connectivity index (χ0n) is 15.9. The molecule has 0 saturated carbocycles. The summed E-state index contributed by atoms with van der Waals surface area (Å²) in [5.41, 5.74) is 1.96. The molecule has 0 aliphatic rings. The molecule has 2 N–H and O–H groups in total. The fourth-order valence-electron chi connectivity index (χ4n) is 2.82. The number of guanidine groups is 1. The lowest BCUT2D eigenvalue weighted by molar-refractivity contribution is 0.372. The molecule has 26 heavy (non-hydrogen) atoms. The summed E-state index contributed by atoms with van der Waals surface area (Å²) >= 11 is 0. The van der Waals surface area contributed by atoms with Crippen LogP contribution in [0.4, 0.5) is 4.39 Å². The van der Waals surface area contributed by atoms with E-state index in [9.17, 15) is 4.39 Å². The Morgan fingerprint density at radius 3 is 2.69 bits per heavy atom. The van der Waals surface area contributed by atoms with Gasteiger partial charge in [-0.15, -0.1) is 0 Å². The van der Waals surface area contributed by atoms with E-state index in [2.05, 4.69) is 34.6 Å². The molecular formula is C20H29FN4O. The van der Waals surface area contributed by atoms with Crippen molar-refractivity contribution in [1.82, 2.24) is 15.8 Å². The van der Waals surface area contributed by atoms with Crippen LogP contribution in [0.2, 0.25) is 0 Å². The van der Waals surface area contributed by atoms with Crippen molar-refractivity contribution >= 4 is 5.96 Å². The van der Waals surface area contributed by atoms with Crippen LogP contribution in [0.3, 0.4) is 0 Å². The van der Waals surface area contributed by atoms with Crippen molar-refractivity contribution in [2.75, 3.05) is 13.1 Å². The fraction of sp³-hybridized carbons (Fsp3) is 0.500. The maximum atomic E-state index is 13.2. The minimum Gasteiger partial charge on any atom is -0.359 e. The van der Waals surface area contributed by atoms with E-state index in [-0.39, 0.29) is 5.82 Å². The first-order valence-electron chi connectivity index (χ1n) is 9.38. The first-order chi connectivity index (χ1) is 12.7. The minimum atomic E-state index is -0.207. The van der Waals surface area contributed by atoms with Crippen LogP contribution in [-0.2, 0) is 13.0 Å². The third-order valence-electron chi connectivity index (χ3n) is 4.31. The SMILES string of the molecule is CCNC(=NCc1cc(C(CC)CC)no1)NCCc1cccc(F)c1. The van der Waals surface area contributed by atoms with Gasteiger partial charge < -0.3 is 15.2 Å². The Labute approximate surface area is 155 Å². The number of rotatable bonds is 9. The predicted octanol–water partition coefficient (Wildman–Crippen LogP) is 4.02. The second-order valence-corrected chi connectivity index (χ2v) is 6.23. The Morgan fingerprint density at radius 1 is 1.19 bits per heavy atom. The van der Waals surface area contributed by atoms with Gasteiger partial charge in [-0.05, 0) is 43.9 Å². The average molecular weight is 360 g/mol. The first kappa shape index (κ1) is 19.9. The summed E-state index contributed by atoms with van der Waals surface area (Å²) in [6.45, 7) is 8.21. The van der Waals surface area contributed by atoms with Gasteiger partial charge in [0.2, 0.25) is 0 Å². The van der Waals surface area contributed by atoms with Crippen LogP contribution in [0.1, 0.15) is 56.5 Å². The highest BCUT2D eigenvalue weighted by Gasteiger charge is 2.12. The van der Waals surface area contributed by atoms with E-state index < -0.39 is 0 Å². The van der Waals surface area contributed by atoms with Gasteiger partial charge in [0.05, 0.1) is 5.69 Å². The Balaban J connectivity index is 1.89. The molecule has 2 aromatic rings. The number of halogens is 1. The zero-order valence-corrected chi connectivity index (χ0v) is 15.9. The highest BCUT2D eigenvalue weighted by Crippen LogP contribution is 2.22. The normalized spacial score (nSPS) is 11.8. The zero-order chi connectivity index (χ0) is 18.8. The maximum absolute atomic E-state index is 13.2. The molecule has 0 amide bonds. The molecule has 0 spiro atoms. The van der Waals surface area contributed by atoms with Crippen molar-refractivity contribution in [3.8, 4) is 0 Å². The Morgan fingerprint density at radius 2 is 2.00 bits per heavy atom. The lowest BCUT2D eigenvalue weighted by Crippen LogP contribution is -2.38. The predicted molar refractivity (Wildman–Crippen MR) is 103 cm³/mol. The standard InChI is InChI=1S/C20H29FN4O/c1-4-16(5-2)19-13-18(26-25-19)14-24-20(22-6-3)23-11-10-15-8-7-9-17(21)12-15/h7-9,12-13,16H,4-6,10-11,14H2,1-3H3,(H2,22,23,24). The van der Waals surface area contributed by atoms with Crippen molar-refractivity contribution < 1.29 is 8.91 Å². The highest BCUT2D eigenvalue weighted by atomic mass is 19.1. The van der Waals surface area contributed by atoms with Gasteiger partial charge in [0.15, 0.2) is 11.7 Å². The van der Waals surface area contributed by atoms with Crippen LogP contribution < -0.4 is 10.6 Å². The Hall–Kier alpha value is -2.37. The highest BCUT2D eigenvalue weighted by molar-refractivity contribution is 5.79. The number of hydrogen-bond donors (Lipinski definition) is 2. The van der Waals surface area contributed by atoms with E-state index in [1.807, 2.05) is 19.1 Å². The van der Waals surface area contributed by atoms with E-state index in [1.54, 1.807) is 12.1 Å². The van der Waals surface area contributed by atoms with Gasteiger partial charge in [0, 0.05) is 25.1 Å². The topological polar surface area (TPSA) is 62.5 Å². The molecule has 0 unspecified atom stereocenters. The third-order valence-corrected chi connectivity index (χ3v) is 4.31. The molecule has 0 aliphatic heterocycles. The summed E-state index contributed by atoms with van der Waals surface area (Å²) < 4.78 is 18.6. The van der Waals surface area contributed by atoms with Crippen molar-refractivity contribution in [2.24, 2.45) is 4.99 Å². The lowest BCUT2D eigenvalue weighted by atomic mass is 9.99. The molecule has 0 radical (unpaired) electrons. The molecule has 0 fully saturated rings. The van der Waals surface area contributed by atoms with Gasteiger partial charge in [-0.3, -0.25) is 0 Å². The van der Waals surface area contributed by atoms with E-state index in [1.165, 1.54) is 6.07 Å². The molecule has 0 aliphatic carbocycles. The van der Waals surface area contributed by atoms with Gasteiger partial charge in [0.1, 0.15) is 12.4 Å². The molecule has 0 saturated heterocycles. The molecule has 5 nitrogen and oxygen atoms in total. The molecule has 1 aromatic carbocycles. The van der Waals surface area contributed by atoms with Crippen molar-refractivity contribution in [1.29, 1.82) is 0 Å². The lowest BCUT2D eigenvalue weighted by Gasteiger charge is -2.11. The molecule has 6 heteroatoms. The van der Waals surface area contributed by atoms with E-state index >= 15 is 0 Å². The average Bonchev–Trinajstić information content (AvgIpc) is 3.09.